The lowest BCUT2D eigenvalue weighted by atomic mass is 10.0. The molecule has 0 aliphatic heterocycles. The number of hydrogen-bond acceptors (Lipinski definition) is 1. The van der Waals surface area contributed by atoms with Gasteiger partial charge in [0.2, 0.25) is 6.69 Å². The van der Waals surface area contributed by atoms with Crippen LogP contribution >= 0.6 is 11.5 Å². The van der Waals surface area contributed by atoms with E-state index in [9.17, 15) is 0 Å². The van der Waals surface area contributed by atoms with Crippen LogP contribution in [0.5, 0.6) is 0 Å². The van der Waals surface area contributed by atoms with E-state index in [0.717, 1.165) is 6.32 Å². The summed E-state index contributed by atoms with van der Waals surface area (Å²) in [5, 5.41) is 0. The standard InChI is InChI=1S/C2H7BClN/c4-3-1-2-5/h3H,1-2,5H2. The summed E-state index contributed by atoms with van der Waals surface area (Å²) in [6, 6.07) is 0. The van der Waals surface area contributed by atoms with Gasteiger partial charge in [-0.05, 0) is 12.9 Å². The van der Waals surface area contributed by atoms with Crippen LogP contribution in [0.3, 0.4) is 0 Å². The van der Waals surface area contributed by atoms with Crippen LogP contribution in [0.25, 0.3) is 0 Å². The van der Waals surface area contributed by atoms with Crippen molar-refractivity contribution in [3.8, 4) is 0 Å². The van der Waals surface area contributed by atoms with Gasteiger partial charge in [0.05, 0.1) is 0 Å². The summed E-state index contributed by atoms with van der Waals surface area (Å²) in [7, 11) is 0. The largest absolute Gasteiger partial charge is 0.331 e. The number of hydrogen-bond donors (Lipinski definition) is 1. The van der Waals surface area contributed by atoms with Crippen molar-refractivity contribution in [3.05, 3.63) is 0 Å². The van der Waals surface area contributed by atoms with E-state index in [0.29, 0.717) is 13.2 Å². The Morgan fingerprint density at radius 1 is 1.80 bits per heavy atom. The lowest BCUT2D eigenvalue weighted by Crippen LogP contribution is -1.98. The molecular formula is C2H7BClN. The molecule has 0 spiro atoms. The van der Waals surface area contributed by atoms with E-state index in [1.165, 1.54) is 0 Å². The smallest absolute Gasteiger partial charge is 0.234 e. The Hall–Kier alpha value is 0.315. The minimum absolute atomic E-state index is 0.691. The molecule has 0 aromatic carbocycles. The van der Waals surface area contributed by atoms with Gasteiger partial charge in [-0.25, -0.2) is 11.5 Å². The van der Waals surface area contributed by atoms with Gasteiger partial charge in [0.1, 0.15) is 0 Å². The van der Waals surface area contributed by atoms with Crippen molar-refractivity contribution in [3.63, 3.8) is 0 Å². The van der Waals surface area contributed by atoms with Crippen LogP contribution in [0.4, 0.5) is 0 Å². The second kappa shape index (κ2) is 4.31. The van der Waals surface area contributed by atoms with Gasteiger partial charge in [-0.3, -0.25) is 0 Å². The first-order valence-corrected chi connectivity index (χ1v) is 2.21. The molecule has 0 heterocycles. The summed E-state index contributed by atoms with van der Waals surface area (Å²) in [6.45, 7) is 1.40. The van der Waals surface area contributed by atoms with Gasteiger partial charge >= 0.3 is 0 Å². The van der Waals surface area contributed by atoms with Gasteiger partial charge in [0, 0.05) is 0 Å². The van der Waals surface area contributed by atoms with Crippen molar-refractivity contribution < 1.29 is 0 Å². The number of rotatable bonds is 2. The molecule has 0 radical (unpaired) electrons. The fraction of sp³-hybridized carbons (Fsp3) is 1.00. The summed E-state index contributed by atoms with van der Waals surface area (Å²) >= 11 is 5.22. The Bertz CT molecular complexity index is 17.1. The molecule has 2 N–H and O–H groups in total. The molecule has 3 heteroatoms. The average Bonchev–Trinajstić information content (AvgIpc) is 1.41. The highest BCUT2D eigenvalue weighted by molar-refractivity contribution is 6.93. The molecule has 0 aliphatic rings. The Morgan fingerprint density at radius 3 is 2.40 bits per heavy atom. The van der Waals surface area contributed by atoms with Crippen LogP contribution < -0.4 is 5.73 Å². The highest BCUT2D eigenvalue weighted by Crippen LogP contribution is 1.73. The van der Waals surface area contributed by atoms with E-state index in [4.69, 9.17) is 17.2 Å². The van der Waals surface area contributed by atoms with E-state index in [2.05, 4.69) is 0 Å². The first-order valence-electron chi connectivity index (χ1n) is 1.68. The quantitative estimate of drug-likeness (QED) is 0.474. The second-order valence-corrected chi connectivity index (χ2v) is 1.21. The van der Waals surface area contributed by atoms with E-state index >= 15 is 0 Å². The lowest BCUT2D eigenvalue weighted by Gasteiger charge is -1.75. The average molecular weight is 91.3 g/mol. The summed E-state index contributed by atoms with van der Waals surface area (Å²) in [5.41, 5.74) is 5.05. The molecule has 0 saturated heterocycles. The molecule has 0 aliphatic carbocycles. The van der Waals surface area contributed by atoms with Crippen molar-refractivity contribution in [2.24, 2.45) is 5.73 Å². The van der Waals surface area contributed by atoms with Crippen molar-refractivity contribution in [2.45, 2.75) is 6.32 Å². The van der Waals surface area contributed by atoms with Gasteiger partial charge in [-0.2, -0.15) is 0 Å². The third kappa shape index (κ3) is 4.31. The van der Waals surface area contributed by atoms with Crippen molar-refractivity contribution in [2.75, 3.05) is 6.54 Å². The Balaban J connectivity index is 2.19. The monoisotopic (exact) mass is 91.0 g/mol. The van der Waals surface area contributed by atoms with E-state index < -0.39 is 0 Å². The molecule has 0 fully saturated rings. The Morgan fingerprint density at radius 2 is 2.40 bits per heavy atom. The molecule has 0 amide bonds. The van der Waals surface area contributed by atoms with Crippen LogP contribution in [0.1, 0.15) is 0 Å². The van der Waals surface area contributed by atoms with Crippen LogP contribution in [0.15, 0.2) is 0 Å². The van der Waals surface area contributed by atoms with Gasteiger partial charge in [-0.15, -0.1) is 0 Å². The van der Waals surface area contributed by atoms with E-state index in [1.807, 2.05) is 0 Å². The molecule has 5 heavy (non-hydrogen) atoms. The minimum Gasteiger partial charge on any atom is -0.331 e. The summed E-state index contributed by atoms with van der Waals surface area (Å²) < 4.78 is 0. The summed E-state index contributed by atoms with van der Waals surface area (Å²) in [6.07, 6.45) is 0.932. The molecule has 1 nitrogen and oxygen atoms in total. The zero-order chi connectivity index (χ0) is 4.12. The zero-order valence-corrected chi connectivity index (χ0v) is 3.83. The van der Waals surface area contributed by atoms with Crippen LogP contribution in [-0.4, -0.2) is 13.2 Å². The first-order chi connectivity index (χ1) is 2.41. The van der Waals surface area contributed by atoms with Crippen molar-refractivity contribution >= 4 is 18.2 Å². The molecule has 0 aromatic rings. The topological polar surface area (TPSA) is 26.0 Å². The third-order valence-corrected chi connectivity index (χ3v) is 0.605. The van der Waals surface area contributed by atoms with Crippen LogP contribution in [0.2, 0.25) is 6.32 Å². The fourth-order valence-corrected chi connectivity index (χ4v) is 0.231. The summed E-state index contributed by atoms with van der Waals surface area (Å²) in [4.78, 5) is 0. The van der Waals surface area contributed by atoms with Gasteiger partial charge in [0.15, 0.2) is 0 Å². The number of nitrogens with two attached hydrogens (primary N) is 1. The van der Waals surface area contributed by atoms with Gasteiger partial charge in [0.25, 0.3) is 0 Å². The number of halogens is 1. The Labute approximate surface area is 37.7 Å². The first kappa shape index (κ1) is 5.31. The van der Waals surface area contributed by atoms with Crippen molar-refractivity contribution in [1.82, 2.24) is 0 Å². The third-order valence-electron chi connectivity index (χ3n) is 0.338. The maximum absolute atomic E-state index is 5.22. The molecule has 30 valence electrons. The molecule has 0 bridgehead atoms. The van der Waals surface area contributed by atoms with Crippen molar-refractivity contribution in [1.29, 1.82) is 0 Å². The summed E-state index contributed by atoms with van der Waals surface area (Å²) in [5.74, 6) is 0. The van der Waals surface area contributed by atoms with Crippen LogP contribution in [0, 0.1) is 0 Å². The molecule has 0 atom stereocenters. The highest BCUT2D eigenvalue weighted by atomic mass is 35.5. The van der Waals surface area contributed by atoms with E-state index in [1.54, 1.807) is 0 Å². The highest BCUT2D eigenvalue weighted by Gasteiger charge is 1.74. The van der Waals surface area contributed by atoms with E-state index in [-0.39, 0.29) is 0 Å². The fourth-order valence-electron chi connectivity index (χ4n) is 0.0772. The molecule has 0 unspecified atom stereocenters. The van der Waals surface area contributed by atoms with Crippen LogP contribution in [-0.2, 0) is 0 Å². The normalized spacial score (nSPS) is 7.60. The maximum atomic E-state index is 5.22. The maximum Gasteiger partial charge on any atom is 0.234 e. The zero-order valence-electron chi connectivity index (χ0n) is 3.08. The lowest BCUT2D eigenvalue weighted by molar-refractivity contribution is 1.13. The van der Waals surface area contributed by atoms with Gasteiger partial charge in [-0.1, -0.05) is 0 Å². The SMILES string of the molecule is NCCBCl. The molecule has 0 aromatic heterocycles. The Kier molecular flexibility index (Phi) is 4.59. The van der Waals surface area contributed by atoms with Gasteiger partial charge < -0.3 is 5.73 Å². The second-order valence-electron chi connectivity index (χ2n) is 0.831. The molecular weight excluding hydrogens is 84.3 g/mol. The molecule has 0 saturated carbocycles. The molecule has 0 rings (SSSR count). The predicted octanol–water partition coefficient (Wildman–Crippen LogP) is -0.0463. The predicted molar refractivity (Wildman–Crippen MR) is 26.9 cm³/mol. The minimum atomic E-state index is 0.691.